The molecule has 0 bridgehead atoms. The Bertz CT molecular complexity index is 1140. The quantitative estimate of drug-likeness (QED) is 0.313. The number of nitrogens with zero attached hydrogens (tertiary/aromatic N) is 3. The van der Waals surface area contributed by atoms with Crippen LogP contribution in [0.15, 0.2) is 24.4 Å². The van der Waals surface area contributed by atoms with E-state index in [1.807, 2.05) is 31.4 Å². The van der Waals surface area contributed by atoms with Crippen molar-refractivity contribution in [2.45, 2.75) is 33.4 Å². The van der Waals surface area contributed by atoms with E-state index < -0.39 is 10.0 Å². The van der Waals surface area contributed by atoms with Crippen molar-refractivity contribution >= 4 is 32.5 Å². The predicted octanol–water partition coefficient (Wildman–Crippen LogP) is 6.14. The van der Waals surface area contributed by atoms with E-state index in [0.29, 0.717) is 29.6 Å². The van der Waals surface area contributed by atoms with Gasteiger partial charge >= 0.3 is 0 Å². The van der Waals surface area contributed by atoms with Crippen LogP contribution in [0, 0.1) is 31.0 Å². The Kier molecular flexibility index (Phi) is 7.00. The molecule has 1 atom stereocenters. The van der Waals surface area contributed by atoms with E-state index >= 15 is 4.39 Å². The Labute approximate surface area is 190 Å². The summed E-state index contributed by atoms with van der Waals surface area (Å²) in [6, 6.07) is 7.09. The molecule has 1 unspecified atom stereocenters. The normalized spacial score (nSPS) is 13.4. The molecule has 31 heavy (non-hydrogen) atoms. The number of fused-ring (bicyclic) bond motifs is 1. The Balaban J connectivity index is 2.12. The minimum absolute atomic E-state index is 0.251. The smallest absolute Gasteiger partial charge is 0.129 e. The van der Waals surface area contributed by atoms with Gasteiger partial charge in [-0.3, -0.25) is 0 Å². The number of hydrogen-bond donors (Lipinski definition) is 0. The third kappa shape index (κ3) is 4.90. The molecule has 0 N–H and O–H groups in total. The van der Waals surface area contributed by atoms with Crippen LogP contribution in [-0.2, 0) is 11.5 Å². The second kappa shape index (κ2) is 9.20. The molecule has 3 rings (SSSR count). The Morgan fingerprint density at radius 2 is 2.00 bits per heavy atom. The van der Waals surface area contributed by atoms with E-state index in [1.54, 1.807) is 12.3 Å². The highest BCUT2D eigenvalue weighted by atomic mass is 35.5. The molecule has 0 saturated carbocycles. The molecule has 0 amide bonds. The molecule has 1 aromatic carbocycles. The first-order chi connectivity index (χ1) is 14.5. The third-order valence-electron chi connectivity index (χ3n) is 5.75. The molecule has 0 aliphatic carbocycles. The molecule has 2 heterocycles. The summed E-state index contributed by atoms with van der Waals surface area (Å²) in [4.78, 5) is 4.15. The van der Waals surface area contributed by atoms with Crippen LogP contribution in [0.4, 0.5) is 4.39 Å². The lowest BCUT2D eigenvalue weighted by Gasteiger charge is -2.24. The number of ether oxygens (including phenoxy) is 1. The fourth-order valence-electron chi connectivity index (χ4n) is 3.81. The SMILES string of the molecule is Cc1c(C)n(COCCS(C)(C)C)c2c(C#N)cc(F)c(C(C)c3ccc(Cl)nc3)c12. The Hall–Kier alpha value is -2.07. The number of halogens is 2. The third-order valence-corrected chi connectivity index (χ3v) is 7.36. The van der Waals surface area contributed by atoms with Crippen LogP contribution < -0.4 is 0 Å². The summed E-state index contributed by atoms with van der Waals surface area (Å²) in [5.74, 6) is 0.374. The van der Waals surface area contributed by atoms with Gasteiger partial charge in [-0.2, -0.15) is 5.26 Å². The zero-order valence-electron chi connectivity index (χ0n) is 18.9. The molecule has 2 aromatic heterocycles. The van der Waals surface area contributed by atoms with Gasteiger partial charge in [0.15, 0.2) is 0 Å². The number of benzene rings is 1. The Morgan fingerprint density at radius 3 is 2.58 bits per heavy atom. The van der Waals surface area contributed by atoms with Gasteiger partial charge in [0.1, 0.15) is 23.8 Å². The van der Waals surface area contributed by atoms with Crippen molar-refractivity contribution in [1.82, 2.24) is 9.55 Å². The van der Waals surface area contributed by atoms with Gasteiger partial charge < -0.3 is 9.30 Å². The Morgan fingerprint density at radius 1 is 1.29 bits per heavy atom. The maximum absolute atomic E-state index is 15.3. The monoisotopic (exact) mass is 461 g/mol. The summed E-state index contributed by atoms with van der Waals surface area (Å²) in [6.45, 7) is 6.90. The van der Waals surface area contributed by atoms with Gasteiger partial charge in [0.05, 0.1) is 17.7 Å². The molecular weight excluding hydrogens is 433 g/mol. The van der Waals surface area contributed by atoms with E-state index in [9.17, 15) is 5.26 Å². The van der Waals surface area contributed by atoms with Crippen molar-refractivity contribution in [3.8, 4) is 6.07 Å². The standard InChI is InChI=1S/C24H29ClFN3OS/c1-15-17(3)29(14-30-9-10-31(4,5)6)24-19(12-27)11-20(26)22(23(15)24)16(2)18-7-8-21(25)28-13-18/h7-8,11,13,16H,9-10,14H2,1-6H3. The summed E-state index contributed by atoms with van der Waals surface area (Å²) < 4.78 is 23.3. The van der Waals surface area contributed by atoms with Crippen LogP contribution in [0.1, 0.15) is 40.8 Å². The molecule has 166 valence electrons. The lowest BCUT2D eigenvalue weighted by Crippen LogP contribution is -2.11. The van der Waals surface area contributed by atoms with Crippen molar-refractivity contribution in [1.29, 1.82) is 5.26 Å². The first-order valence-corrected chi connectivity index (χ1v) is 13.5. The van der Waals surface area contributed by atoms with Gasteiger partial charge in [0.25, 0.3) is 0 Å². The van der Waals surface area contributed by atoms with Crippen LogP contribution >= 0.6 is 21.6 Å². The zero-order valence-corrected chi connectivity index (χ0v) is 20.5. The van der Waals surface area contributed by atoms with Gasteiger partial charge in [-0.05, 0) is 55.9 Å². The molecule has 0 fully saturated rings. The van der Waals surface area contributed by atoms with Crippen LogP contribution in [0.3, 0.4) is 0 Å². The molecular formula is C24H29ClFN3OS. The number of pyridine rings is 1. The second-order valence-electron chi connectivity index (χ2n) is 8.76. The molecule has 3 aromatic rings. The second-order valence-corrected chi connectivity index (χ2v) is 13.7. The molecule has 0 spiro atoms. The summed E-state index contributed by atoms with van der Waals surface area (Å²) in [7, 11) is -0.648. The number of nitriles is 1. The van der Waals surface area contributed by atoms with Gasteiger partial charge in [-0.15, -0.1) is 0 Å². The summed E-state index contributed by atoms with van der Waals surface area (Å²) in [5.41, 5.74) is 4.41. The average Bonchev–Trinajstić information content (AvgIpc) is 2.95. The van der Waals surface area contributed by atoms with Gasteiger partial charge in [-0.1, -0.05) is 24.6 Å². The maximum Gasteiger partial charge on any atom is 0.129 e. The molecule has 0 aliphatic rings. The highest BCUT2D eigenvalue weighted by Crippen LogP contribution is 2.39. The number of aryl methyl sites for hydroxylation is 1. The van der Waals surface area contributed by atoms with Crippen molar-refractivity contribution in [3.63, 3.8) is 0 Å². The molecule has 0 radical (unpaired) electrons. The highest BCUT2D eigenvalue weighted by Gasteiger charge is 2.25. The van der Waals surface area contributed by atoms with Crippen LogP contribution in [-0.4, -0.2) is 40.7 Å². The number of hydrogen-bond acceptors (Lipinski definition) is 3. The van der Waals surface area contributed by atoms with Crippen molar-refractivity contribution in [2.75, 3.05) is 31.1 Å². The maximum atomic E-state index is 15.3. The van der Waals surface area contributed by atoms with Gasteiger partial charge in [-0.25, -0.2) is 19.4 Å². The first-order valence-electron chi connectivity index (χ1n) is 10.1. The van der Waals surface area contributed by atoms with Crippen LogP contribution in [0.5, 0.6) is 0 Å². The lowest BCUT2D eigenvalue weighted by molar-refractivity contribution is 0.0914. The van der Waals surface area contributed by atoms with E-state index in [0.717, 1.165) is 33.5 Å². The lowest BCUT2D eigenvalue weighted by atomic mass is 9.89. The van der Waals surface area contributed by atoms with Gasteiger partial charge in [0.2, 0.25) is 0 Å². The largest absolute Gasteiger partial charge is 0.360 e. The summed E-state index contributed by atoms with van der Waals surface area (Å²) in [6.07, 6.45) is 8.44. The minimum Gasteiger partial charge on any atom is -0.360 e. The predicted molar refractivity (Wildman–Crippen MR) is 129 cm³/mol. The van der Waals surface area contributed by atoms with Crippen molar-refractivity contribution < 1.29 is 9.13 Å². The highest BCUT2D eigenvalue weighted by molar-refractivity contribution is 8.32. The fraction of sp³-hybridized carbons (Fsp3) is 0.417. The average molecular weight is 462 g/mol. The molecule has 7 heteroatoms. The minimum atomic E-state index is -0.648. The summed E-state index contributed by atoms with van der Waals surface area (Å²) in [5, 5.41) is 10.9. The van der Waals surface area contributed by atoms with E-state index in [-0.39, 0.29) is 11.7 Å². The van der Waals surface area contributed by atoms with Crippen LogP contribution in [0.25, 0.3) is 10.9 Å². The first kappa shape index (κ1) is 23.6. The van der Waals surface area contributed by atoms with E-state index in [2.05, 4.69) is 29.8 Å². The zero-order chi connectivity index (χ0) is 22.9. The topological polar surface area (TPSA) is 50.8 Å². The van der Waals surface area contributed by atoms with E-state index in [1.165, 1.54) is 6.07 Å². The number of rotatable bonds is 7. The molecule has 0 aliphatic heterocycles. The van der Waals surface area contributed by atoms with Crippen molar-refractivity contribution in [2.24, 2.45) is 0 Å². The van der Waals surface area contributed by atoms with E-state index in [4.69, 9.17) is 16.3 Å². The molecule has 0 saturated heterocycles. The number of aromatic nitrogens is 2. The van der Waals surface area contributed by atoms with Crippen molar-refractivity contribution in [3.05, 3.63) is 63.3 Å². The molecule has 4 nitrogen and oxygen atoms in total. The fourth-order valence-corrected chi connectivity index (χ4v) is 4.54. The van der Waals surface area contributed by atoms with Crippen LogP contribution in [0.2, 0.25) is 5.15 Å². The van der Waals surface area contributed by atoms with Gasteiger partial charge in [0, 0.05) is 34.5 Å². The summed E-state index contributed by atoms with van der Waals surface area (Å²) >= 11 is 5.93.